The Hall–Kier alpha value is -1.61. The van der Waals surface area contributed by atoms with Crippen LogP contribution in [0.5, 0.6) is 0 Å². The molecule has 0 aliphatic heterocycles. The van der Waals surface area contributed by atoms with E-state index in [1.165, 1.54) is 37.0 Å². The predicted molar refractivity (Wildman–Crippen MR) is 127 cm³/mol. The number of hydrogen-bond donors (Lipinski definition) is 0. The van der Waals surface area contributed by atoms with E-state index in [-0.39, 0.29) is 10.8 Å². The van der Waals surface area contributed by atoms with E-state index in [0.29, 0.717) is 0 Å². The zero-order chi connectivity index (χ0) is 19.8. The van der Waals surface area contributed by atoms with Crippen molar-refractivity contribution in [3.8, 4) is 22.3 Å². The molecule has 1 heteroatoms. The molecular formula is C26H29I. The molecule has 0 spiro atoms. The Balaban J connectivity index is 1.97. The van der Waals surface area contributed by atoms with E-state index in [2.05, 4.69) is 131 Å². The Morgan fingerprint density at radius 1 is 0.519 bits per heavy atom. The summed E-state index contributed by atoms with van der Waals surface area (Å²) in [6, 6.07) is 24.8. The number of rotatable bonds is 2. The second-order valence-electron chi connectivity index (χ2n) is 9.35. The van der Waals surface area contributed by atoms with Crippen molar-refractivity contribution in [1.29, 1.82) is 0 Å². The molecule has 0 aliphatic rings. The minimum absolute atomic E-state index is 0.183. The summed E-state index contributed by atoms with van der Waals surface area (Å²) >= 11 is 2.44. The number of halogens is 1. The normalized spacial score (nSPS) is 12.3. The Kier molecular flexibility index (Phi) is 5.54. The lowest BCUT2D eigenvalue weighted by atomic mass is 9.85. The summed E-state index contributed by atoms with van der Waals surface area (Å²) < 4.78 is 1.28. The molecule has 27 heavy (non-hydrogen) atoms. The minimum Gasteiger partial charge on any atom is -0.0579 e. The summed E-state index contributed by atoms with van der Waals surface area (Å²) in [6.45, 7) is 13.5. The Morgan fingerprint density at radius 2 is 0.926 bits per heavy atom. The Morgan fingerprint density at radius 3 is 1.37 bits per heavy atom. The molecule has 0 fully saturated rings. The summed E-state index contributed by atoms with van der Waals surface area (Å²) in [4.78, 5) is 0. The lowest BCUT2D eigenvalue weighted by Gasteiger charge is -2.20. The highest BCUT2D eigenvalue weighted by Gasteiger charge is 2.15. The van der Waals surface area contributed by atoms with Gasteiger partial charge in [-0.1, -0.05) is 96.1 Å². The highest BCUT2D eigenvalue weighted by molar-refractivity contribution is 14.1. The molecule has 3 rings (SSSR count). The third-order valence-corrected chi connectivity index (χ3v) is 6.05. The molecule has 3 aromatic rings. The quantitative estimate of drug-likeness (QED) is 0.333. The van der Waals surface area contributed by atoms with Crippen LogP contribution in [-0.4, -0.2) is 0 Å². The summed E-state index contributed by atoms with van der Waals surface area (Å²) in [5.74, 6) is 0. The van der Waals surface area contributed by atoms with Crippen molar-refractivity contribution in [1.82, 2.24) is 0 Å². The molecule has 0 aromatic heterocycles. The van der Waals surface area contributed by atoms with Gasteiger partial charge in [0.15, 0.2) is 0 Å². The molecule has 3 aromatic carbocycles. The first-order valence-electron chi connectivity index (χ1n) is 9.57. The van der Waals surface area contributed by atoms with Crippen LogP contribution in [-0.2, 0) is 10.8 Å². The van der Waals surface area contributed by atoms with E-state index in [9.17, 15) is 0 Å². The van der Waals surface area contributed by atoms with Crippen molar-refractivity contribution in [3.05, 3.63) is 81.4 Å². The van der Waals surface area contributed by atoms with Crippen LogP contribution in [0, 0.1) is 3.57 Å². The largest absolute Gasteiger partial charge is 0.0579 e. The van der Waals surface area contributed by atoms with Crippen LogP contribution in [0.25, 0.3) is 22.3 Å². The van der Waals surface area contributed by atoms with Gasteiger partial charge in [-0.05, 0) is 78.9 Å². The molecule has 0 N–H and O–H groups in total. The van der Waals surface area contributed by atoms with Crippen LogP contribution in [0.4, 0.5) is 0 Å². The fourth-order valence-electron chi connectivity index (χ4n) is 3.24. The number of hydrogen-bond acceptors (Lipinski definition) is 0. The average molecular weight is 468 g/mol. The molecule has 0 nitrogen and oxygen atoms in total. The zero-order valence-corrected chi connectivity index (χ0v) is 19.4. The van der Waals surface area contributed by atoms with Gasteiger partial charge in [-0.2, -0.15) is 0 Å². The van der Waals surface area contributed by atoms with Crippen LogP contribution in [0.1, 0.15) is 52.7 Å². The maximum absolute atomic E-state index is 2.44. The van der Waals surface area contributed by atoms with Gasteiger partial charge < -0.3 is 0 Å². The fourth-order valence-corrected chi connectivity index (χ4v) is 3.89. The molecule has 0 radical (unpaired) electrons. The van der Waals surface area contributed by atoms with Gasteiger partial charge in [0, 0.05) is 3.57 Å². The van der Waals surface area contributed by atoms with Gasteiger partial charge in [-0.25, -0.2) is 0 Å². The first kappa shape index (κ1) is 20.1. The smallest absolute Gasteiger partial charge is 0.0209 e. The first-order valence-corrected chi connectivity index (χ1v) is 10.6. The average Bonchev–Trinajstić information content (AvgIpc) is 2.61. The third-order valence-electron chi connectivity index (χ3n) is 5.11. The molecule has 140 valence electrons. The topological polar surface area (TPSA) is 0 Å². The van der Waals surface area contributed by atoms with Crippen LogP contribution < -0.4 is 0 Å². The van der Waals surface area contributed by atoms with E-state index in [0.717, 1.165) is 0 Å². The van der Waals surface area contributed by atoms with Crippen LogP contribution >= 0.6 is 22.6 Å². The predicted octanol–water partition coefficient (Wildman–Crippen LogP) is 8.22. The Labute approximate surface area is 178 Å². The molecule has 0 unspecified atom stereocenters. The lowest BCUT2D eigenvalue weighted by molar-refractivity contribution is 0.590. The van der Waals surface area contributed by atoms with Gasteiger partial charge in [0.2, 0.25) is 0 Å². The molecule has 0 saturated heterocycles. The SMILES string of the molecule is CC(C)(C)c1ccc(-c2ccc(I)c(-c3ccc(C(C)(C)C)cc3)c2)cc1. The van der Waals surface area contributed by atoms with Crippen molar-refractivity contribution in [2.75, 3.05) is 0 Å². The molecule has 0 saturated carbocycles. The van der Waals surface area contributed by atoms with Crippen molar-refractivity contribution in [3.63, 3.8) is 0 Å². The number of benzene rings is 3. The third kappa shape index (κ3) is 4.63. The standard InChI is InChI=1S/C26H29I/c1-25(2,3)21-12-7-18(8-13-21)20-11-16-24(27)23(17-20)19-9-14-22(15-10-19)26(4,5)6/h7-17H,1-6H3. The van der Waals surface area contributed by atoms with Crippen molar-refractivity contribution < 1.29 is 0 Å². The second-order valence-corrected chi connectivity index (χ2v) is 10.5. The van der Waals surface area contributed by atoms with Crippen LogP contribution in [0.2, 0.25) is 0 Å². The highest BCUT2D eigenvalue weighted by Crippen LogP contribution is 2.33. The van der Waals surface area contributed by atoms with Gasteiger partial charge in [0.1, 0.15) is 0 Å². The maximum atomic E-state index is 2.44. The minimum atomic E-state index is 0.183. The lowest BCUT2D eigenvalue weighted by Crippen LogP contribution is -2.10. The van der Waals surface area contributed by atoms with Gasteiger partial charge in [-0.15, -0.1) is 0 Å². The summed E-state index contributed by atoms with van der Waals surface area (Å²) in [7, 11) is 0. The van der Waals surface area contributed by atoms with E-state index in [4.69, 9.17) is 0 Å². The molecule has 0 aliphatic carbocycles. The Bertz CT molecular complexity index is 918. The highest BCUT2D eigenvalue weighted by atomic mass is 127. The van der Waals surface area contributed by atoms with E-state index < -0.39 is 0 Å². The summed E-state index contributed by atoms with van der Waals surface area (Å²) in [6.07, 6.45) is 0. The van der Waals surface area contributed by atoms with E-state index in [1.807, 2.05) is 0 Å². The summed E-state index contributed by atoms with van der Waals surface area (Å²) in [5, 5.41) is 0. The van der Waals surface area contributed by atoms with Gasteiger partial charge in [0.25, 0.3) is 0 Å². The fraction of sp³-hybridized carbons (Fsp3) is 0.308. The molecule has 0 amide bonds. The van der Waals surface area contributed by atoms with E-state index >= 15 is 0 Å². The van der Waals surface area contributed by atoms with Crippen molar-refractivity contribution in [2.45, 2.75) is 52.4 Å². The van der Waals surface area contributed by atoms with Gasteiger partial charge in [-0.3, -0.25) is 0 Å². The van der Waals surface area contributed by atoms with Crippen molar-refractivity contribution in [2.24, 2.45) is 0 Å². The molecular weight excluding hydrogens is 439 g/mol. The van der Waals surface area contributed by atoms with Crippen molar-refractivity contribution >= 4 is 22.6 Å². The van der Waals surface area contributed by atoms with Crippen LogP contribution in [0.3, 0.4) is 0 Å². The second kappa shape index (κ2) is 7.43. The first-order chi connectivity index (χ1) is 12.6. The monoisotopic (exact) mass is 468 g/mol. The van der Waals surface area contributed by atoms with Gasteiger partial charge >= 0.3 is 0 Å². The zero-order valence-electron chi connectivity index (χ0n) is 17.2. The summed E-state index contributed by atoms with van der Waals surface area (Å²) in [5.41, 5.74) is 8.23. The van der Waals surface area contributed by atoms with Crippen LogP contribution in [0.15, 0.2) is 66.7 Å². The maximum Gasteiger partial charge on any atom is 0.0209 e. The van der Waals surface area contributed by atoms with E-state index in [1.54, 1.807) is 0 Å². The van der Waals surface area contributed by atoms with Gasteiger partial charge in [0.05, 0.1) is 0 Å². The molecule has 0 atom stereocenters. The molecule has 0 bridgehead atoms. The molecule has 0 heterocycles.